The minimum absolute atomic E-state index is 0.200. The van der Waals surface area contributed by atoms with E-state index >= 15 is 0 Å². The van der Waals surface area contributed by atoms with Gasteiger partial charge in [-0.2, -0.15) is 0 Å². The third-order valence-corrected chi connectivity index (χ3v) is 15.1. The largest absolute Gasteiger partial charge is 0.449 e. The fourth-order valence-corrected chi connectivity index (χ4v) is 5.92. The second-order valence-electron chi connectivity index (χ2n) is 33.2. The Morgan fingerprint density at radius 2 is 0.220 bits per heavy atom. The molecule has 0 saturated heterocycles. The van der Waals surface area contributed by atoms with Crippen LogP contribution in [0, 0.1) is 65.1 Å². The van der Waals surface area contributed by atoms with Gasteiger partial charge in [0.1, 0.15) is 0 Å². The van der Waals surface area contributed by atoms with Gasteiger partial charge in [0.25, 0.3) is 0 Å². The number of hydrogen-bond donors (Lipinski definition) is 0. The lowest BCUT2D eigenvalue weighted by molar-refractivity contribution is 0.0948. The summed E-state index contributed by atoms with van der Waals surface area (Å²) in [5, 5.41) is 0. The van der Waals surface area contributed by atoms with Crippen molar-refractivity contribution in [1.82, 2.24) is 53.9 Å². The van der Waals surface area contributed by atoms with E-state index in [2.05, 4.69) is 0 Å². The molecule has 0 rings (SSSR count). The lowest BCUT2D eigenvalue weighted by atomic mass is 10.2. The number of ether oxygens (including phenoxy) is 11. The summed E-state index contributed by atoms with van der Waals surface area (Å²) < 4.78 is 54.6. The van der Waals surface area contributed by atoms with Crippen molar-refractivity contribution in [3.05, 3.63) is 0 Å². The van der Waals surface area contributed by atoms with Crippen molar-refractivity contribution in [2.24, 2.45) is 65.1 Å². The molecule has 0 aliphatic rings. The summed E-state index contributed by atoms with van der Waals surface area (Å²) in [7, 11) is 15.5. The Morgan fingerprint density at radius 3 is 0.276 bits per heavy atom. The first-order chi connectivity index (χ1) is 56.9. The second-order valence-corrected chi connectivity index (χ2v) is 33.2. The molecular formula is C90H191N11O22. The van der Waals surface area contributed by atoms with Crippen LogP contribution < -0.4 is 0 Å². The van der Waals surface area contributed by atoms with Crippen LogP contribution in [0.15, 0.2) is 0 Å². The van der Waals surface area contributed by atoms with Crippen LogP contribution in [0.25, 0.3) is 0 Å². The molecule has 0 N–H and O–H groups in total. The molecule has 0 fully saturated rings. The number of amides is 11. The molecule has 0 saturated carbocycles. The van der Waals surface area contributed by atoms with E-state index in [1.54, 1.807) is 117 Å². The average molecular weight is 1780 g/mol. The van der Waals surface area contributed by atoms with Gasteiger partial charge in [0, 0.05) is 149 Å². The summed E-state index contributed by atoms with van der Waals surface area (Å²) in [4.78, 5) is 139. The predicted octanol–water partition coefficient (Wildman–Crippen LogP) is 19.8. The third kappa shape index (κ3) is 104. The van der Waals surface area contributed by atoms with Crippen LogP contribution in [0.1, 0.15) is 242 Å². The fourth-order valence-electron chi connectivity index (χ4n) is 5.92. The fraction of sp³-hybridized carbons (Fsp3) is 0.878. The first kappa shape index (κ1) is 138. The lowest BCUT2D eigenvalue weighted by Gasteiger charge is -2.18. The number of rotatable bonds is 35. The smallest absolute Gasteiger partial charge is 0.409 e. The molecule has 0 spiro atoms. The number of hydrogen-bond acceptors (Lipinski definition) is 22. The Balaban J connectivity index is -0.000000125. The Hall–Kier alpha value is -8.03. The van der Waals surface area contributed by atoms with Gasteiger partial charge in [-0.1, -0.05) is 152 Å². The van der Waals surface area contributed by atoms with Crippen LogP contribution in [0.3, 0.4) is 0 Å². The number of carbonyl (C=O) groups excluding carboxylic acids is 11. The Kier molecular flexibility index (Phi) is 103. The molecule has 123 heavy (non-hydrogen) atoms. The zero-order chi connectivity index (χ0) is 98.8. The van der Waals surface area contributed by atoms with Gasteiger partial charge in [0.05, 0.1) is 72.7 Å². The summed E-state index contributed by atoms with van der Waals surface area (Å²) in [6, 6.07) is 0. The molecule has 11 amide bonds. The molecule has 0 aromatic rings. The van der Waals surface area contributed by atoms with Crippen LogP contribution in [0.5, 0.6) is 0 Å². The van der Waals surface area contributed by atoms with Crippen molar-refractivity contribution in [2.45, 2.75) is 242 Å². The maximum Gasteiger partial charge on any atom is 0.409 e. The molecule has 738 valence electrons. The first-order valence-corrected chi connectivity index (χ1v) is 44.6. The quantitative estimate of drug-likeness (QED) is 0.0532. The van der Waals surface area contributed by atoms with E-state index in [1.807, 2.05) is 242 Å². The van der Waals surface area contributed by atoms with Gasteiger partial charge >= 0.3 is 67.0 Å². The Labute approximate surface area is 751 Å². The van der Waals surface area contributed by atoms with Crippen LogP contribution in [0.2, 0.25) is 0 Å². The van der Waals surface area contributed by atoms with Gasteiger partial charge in [-0.15, -0.1) is 0 Å². The van der Waals surface area contributed by atoms with Crippen LogP contribution in [-0.2, 0) is 52.1 Å². The lowest BCUT2D eigenvalue weighted by Crippen LogP contribution is -2.31. The summed E-state index contributed by atoms with van der Waals surface area (Å²) in [6.45, 7) is 84.0. The van der Waals surface area contributed by atoms with Crippen LogP contribution in [0.4, 0.5) is 52.7 Å². The molecule has 0 radical (unpaired) electrons. The summed E-state index contributed by atoms with van der Waals surface area (Å²) in [5.41, 5.74) is 0. The molecule has 0 atom stereocenters. The van der Waals surface area contributed by atoms with Crippen LogP contribution >= 0.6 is 0 Å². The van der Waals surface area contributed by atoms with E-state index in [-0.39, 0.29) is 67.0 Å². The highest BCUT2D eigenvalue weighted by molar-refractivity contribution is 5.71. The SMILES string of the molecule is CCN(C)C(=O)OCC(C)C.CCN(C)C(=O)OCC(C)C.CCN(C)C(=O)OCC(C)C.CCN(C)C(=O)OCC(C)C.CCN(C)C(=O)OCC(C)C.CCN(C)C(=O)OCC(C)C.CCN(C)C(=O)OCC(C)C.CCN(C)C(=O)OCC(C)C.CCN(C)C(=O)OCC(C)C.CCN(CC)C(=O)OCC(C)C.CCN(CC)C(=O)OCC(C)C. The molecule has 33 heteroatoms. The highest BCUT2D eigenvalue weighted by atomic mass is 16.6. The van der Waals surface area contributed by atoms with Crippen molar-refractivity contribution in [2.75, 3.05) is 221 Å². The van der Waals surface area contributed by atoms with E-state index in [0.29, 0.717) is 223 Å². The van der Waals surface area contributed by atoms with Crippen molar-refractivity contribution in [3.8, 4) is 0 Å². The van der Waals surface area contributed by atoms with Crippen molar-refractivity contribution < 1.29 is 105 Å². The maximum atomic E-state index is 11.2. The summed E-state index contributed by atoms with van der Waals surface area (Å²) >= 11 is 0. The Bertz CT molecular complexity index is 2070. The zero-order valence-electron chi connectivity index (χ0n) is 86.7. The van der Waals surface area contributed by atoms with E-state index in [1.165, 1.54) is 0 Å². The molecule has 33 nitrogen and oxygen atoms in total. The molecule has 0 aromatic carbocycles. The summed E-state index contributed by atoms with van der Waals surface area (Å²) in [5.74, 6) is 4.47. The van der Waals surface area contributed by atoms with Gasteiger partial charge < -0.3 is 106 Å². The van der Waals surface area contributed by atoms with Crippen molar-refractivity contribution in [1.29, 1.82) is 0 Å². The molecule has 0 aliphatic carbocycles. The number of nitrogens with zero attached hydrogens (tertiary/aromatic N) is 11. The molecular weight excluding hydrogens is 1590 g/mol. The van der Waals surface area contributed by atoms with Gasteiger partial charge in [0.15, 0.2) is 0 Å². The standard InChI is InChI=1S/2C9H19NO2.9C8H17NO2/c2*1-5-10(6-2)9(11)12-7-8(3)4;9*1-5-9(4)8(10)11-6-7(2)3/h2*8H,5-7H2,1-4H3;9*7H,5-6H2,1-4H3. The Morgan fingerprint density at radius 1 is 0.146 bits per heavy atom. The van der Waals surface area contributed by atoms with Gasteiger partial charge in [-0.3, -0.25) is 0 Å². The highest BCUT2D eigenvalue weighted by Gasteiger charge is 2.17. The number of carbonyl (C=O) groups is 11. The van der Waals surface area contributed by atoms with Gasteiger partial charge in [-0.05, 0) is 155 Å². The van der Waals surface area contributed by atoms with E-state index in [4.69, 9.17) is 52.1 Å². The molecule has 0 aromatic heterocycles. The first-order valence-electron chi connectivity index (χ1n) is 44.6. The topological polar surface area (TPSA) is 325 Å². The minimum atomic E-state index is -0.235. The monoisotopic (exact) mass is 1780 g/mol. The van der Waals surface area contributed by atoms with E-state index in [0.717, 1.165) is 0 Å². The third-order valence-electron chi connectivity index (χ3n) is 15.1. The second kappa shape index (κ2) is 91.7. The zero-order valence-corrected chi connectivity index (χ0v) is 86.7. The molecule has 0 aliphatic heterocycles. The normalized spacial score (nSPS) is 9.94. The predicted molar refractivity (Wildman–Crippen MR) is 499 cm³/mol. The van der Waals surface area contributed by atoms with E-state index in [9.17, 15) is 52.7 Å². The van der Waals surface area contributed by atoms with Crippen molar-refractivity contribution in [3.63, 3.8) is 0 Å². The van der Waals surface area contributed by atoms with Gasteiger partial charge in [0.2, 0.25) is 0 Å². The van der Waals surface area contributed by atoms with Crippen molar-refractivity contribution >= 4 is 67.0 Å². The van der Waals surface area contributed by atoms with Crippen LogP contribution in [-0.4, -0.2) is 342 Å². The highest BCUT2D eigenvalue weighted by Crippen LogP contribution is 2.06. The average Bonchev–Trinajstić information content (AvgIpc) is 0.913. The minimum Gasteiger partial charge on any atom is -0.449 e. The molecule has 0 bridgehead atoms. The summed E-state index contributed by atoms with van der Waals surface area (Å²) in [6.07, 6.45) is -2.52. The molecule has 0 unspecified atom stereocenters. The molecule has 0 heterocycles. The van der Waals surface area contributed by atoms with Gasteiger partial charge in [-0.25, -0.2) is 52.7 Å². The van der Waals surface area contributed by atoms with E-state index < -0.39 is 0 Å². The maximum absolute atomic E-state index is 11.2.